The van der Waals surface area contributed by atoms with Crippen LogP contribution in [-0.2, 0) is 19.1 Å². The number of hydrogen-bond donors (Lipinski definition) is 0. The van der Waals surface area contributed by atoms with Crippen LogP contribution in [0.25, 0.3) is 0 Å². The van der Waals surface area contributed by atoms with E-state index in [-0.39, 0.29) is 17.9 Å². The Labute approximate surface area is 120 Å². The van der Waals surface area contributed by atoms with Crippen LogP contribution in [0.5, 0.6) is 0 Å². The van der Waals surface area contributed by atoms with Gasteiger partial charge in [0, 0.05) is 5.57 Å². The molecule has 0 aromatic rings. The molecule has 0 radical (unpaired) electrons. The molecule has 1 rings (SSSR count). The van der Waals surface area contributed by atoms with Crippen LogP contribution < -0.4 is 0 Å². The van der Waals surface area contributed by atoms with Gasteiger partial charge >= 0.3 is 11.9 Å². The Morgan fingerprint density at radius 3 is 2.55 bits per heavy atom. The molecule has 0 fully saturated rings. The number of carbonyl (C=O) groups is 2. The van der Waals surface area contributed by atoms with Gasteiger partial charge in [-0.3, -0.25) is 4.79 Å². The Balaban J connectivity index is 3.19. The molecule has 0 aliphatic heterocycles. The van der Waals surface area contributed by atoms with Gasteiger partial charge in [-0.15, -0.1) is 0 Å². The van der Waals surface area contributed by atoms with Crippen LogP contribution in [0.1, 0.15) is 39.5 Å². The predicted molar refractivity (Wildman–Crippen MR) is 77.0 cm³/mol. The first-order chi connectivity index (χ1) is 9.55. The molecule has 0 bridgehead atoms. The molecule has 4 nitrogen and oxygen atoms in total. The molecular weight excluding hydrogens is 256 g/mol. The molecule has 0 aromatic carbocycles. The van der Waals surface area contributed by atoms with Crippen LogP contribution in [0.2, 0.25) is 0 Å². The highest BCUT2D eigenvalue weighted by Gasteiger charge is 2.45. The van der Waals surface area contributed by atoms with E-state index in [1.807, 2.05) is 32.1 Å². The lowest BCUT2D eigenvalue weighted by Gasteiger charge is -2.37. The lowest BCUT2D eigenvalue weighted by molar-refractivity contribution is -0.153. The lowest BCUT2D eigenvalue weighted by Crippen LogP contribution is -2.40. The Kier molecular flexibility index (Phi) is 5.99. The molecule has 1 aliphatic rings. The van der Waals surface area contributed by atoms with Crippen molar-refractivity contribution in [2.75, 3.05) is 14.2 Å². The van der Waals surface area contributed by atoms with Crippen LogP contribution in [0.15, 0.2) is 23.8 Å². The van der Waals surface area contributed by atoms with Gasteiger partial charge in [0.2, 0.25) is 0 Å². The summed E-state index contributed by atoms with van der Waals surface area (Å²) in [5.41, 5.74) is 0.000552. The third kappa shape index (κ3) is 3.11. The molecule has 2 atom stereocenters. The van der Waals surface area contributed by atoms with Crippen molar-refractivity contribution < 1.29 is 19.1 Å². The highest BCUT2D eigenvalue weighted by atomic mass is 16.5. The van der Waals surface area contributed by atoms with Crippen molar-refractivity contribution in [2.24, 2.45) is 11.3 Å². The van der Waals surface area contributed by atoms with Gasteiger partial charge in [-0.05, 0) is 31.6 Å². The molecular formula is C16H24O4. The molecule has 0 spiro atoms. The summed E-state index contributed by atoms with van der Waals surface area (Å²) in [5.74, 6) is -0.573. The number of carbonyl (C=O) groups excluding carboxylic acids is 2. The molecule has 20 heavy (non-hydrogen) atoms. The minimum absolute atomic E-state index is 0.0411. The van der Waals surface area contributed by atoms with Crippen LogP contribution >= 0.6 is 0 Å². The molecule has 112 valence electrons. The van der Waals surface area contributed by atoms with Gasteiger partial charge in [0.1, 0.15) is 0 Å². The van der Waals surface area contributed by atoms with Crippen LogP contribution in [0, 0.1) is 11.3 Å². The maximum absolute atomic E-state index is 12.3. The quantitative estimate of drug-likeness (QED) is 0.574. The first-order valence-corrected chi connectivity index (χ1v) is 7.10. The van der Waals surface area contributed by atoms with Gasteiger partial charge in [0.25, 0.3) is 0 Å². The number of esters is 2. The average Bonchev–Trinajstić information content (AvgIpc) is 2.50. The van der Waals surface area contributed by atoms with Crippen LogP contribution in [0.3, 0.4) is 0 Å². The van der Waals surface area contributed by atoms with Crippen molar-refractivity contribution in [3.05, 3.63) is 23.8 Å². The number of ether oxygens (including phenoxy) is 2. The molecule has 0 N–H and O–H groups in total. The van der Waals surface area contributed by atoms with E-state index in [0.717, 1.165) is 12.8 Å². The number of rotatable bonds is 5. The standard InChI is InChI=1S/C16H24O4/c1-5-7-9-16(15(18)20-4)10-8-12(14(17)19-3)11-13(16)6-2/h7,9,11,13H,5-6,8,10H2,1-4H3/b9-7+. The second-order valence-electron chi connectivity index (χ2n) is 5.04. The Bertz CT molecular complexity index is 422. The molecule has 0 heterocycles. The summed E-state index contributed by atoms with van der Waals surface area (Å²) in [6.45, 7) is 4.04. The minimum atomic E-state index is -0.656. The zero-order valence-electron chi connectivity index (χ0n) is 12.8. The van der Waals surface area contributed by atoms with Crippen molar-refractivity contribution in [3.8, 4) is 0 Å². The second-order valence-corrected chi connectivity index (χ2v) is 5.04. The Morgan fingerprint density at radius 2 is 2.05 bits per heavy atom. The third-order valence-electron chi connectivity index (χ3n) is 3.98. The van der Waals surface area contributed by atoms with Crippen molar-refractivity contribution in [2.45, 2.75) is 39.5 Å². The van der Waals surface area contributed by atoms with Gasteiger partial charge < -0.3 is 9.47 Å². The summed E-state index contributed by atoms with van der Waals surface area (Å²) < 4.78 is 9.79. The zero-order valence-corrected chi connectivity index (χ0v) is 12.8. The Hall–Kier alpha value is -1.58. The van der Waals surface area contributed by atoms with Crippen molar-refractivity contribution in [1.29, 1.82) is 0 Å². The monoisotopic (exact) mass is 280 g/mol. The van der Waals surface area contributed by atoms with E-state index in [1.54, 1.807) is 0 Å². The predicted octanol–water partition coefficient (Wildman–Crippen LogP) is 3.03. The lowest BCUT2D eigenvalue weighted by atomic mass is 9.66. The minimum Gasteiger partial charge on any atom is -0.468 e. The summed E-state index contributed by atoms with van der Waals surface area (Å²) in [6.07, 6.45) is 8.58. The van der Waals surface area contributed by atoms with E-state index in [0.29, 0.717) is 18.4 Å². The maximum atomic E-state index is 12.3. The van der Waals surface area contributed by atoms with Gasteiger partial charge in [-0.25, -0.2) is 4.79 Å². The normalized spacial score (nSPS) is 26.2. The SMILES string of the molecule is CC/C=C/C1(C(=O)OC)CCC(C(=O)OC)=CC1CC. The summed E-state index contributed by atoms with van der Waals surface area (Å²) in [7, 11) is 2.79. The summed E-state index contributed by atoms with van der Waals surface area (Å²) in [4.78, 5) is 24.0. The van der Waals surface area contributed by atoms with Gasteiger partial charge in [-0.2, -0.15) is 0 Å². The molecule has 2 unspecified atom stereocenters. The first kappa shape index (κ1) is 16.5. The molecule has 0 aromatic heterocycles. The average molecular weight is 280 g/mol. The molecule has 1 aliphatic carbocycles. The smallest absolute Gasteiger partial charge is 0.333 e. The van der Waals surface area contributed by atoms with Gasteiger partial charge in [0.05, 0.1) is 19.6 Å². The summed E-state index contributed by atoms with van der Waals surface area (Å²) in [5, 5.41) is 0. The van der Waals surface area contributed by atoms with E-state index in [1.165, 1.54) is 14.2 Å². The fraction of sp³-hybridized carbons (Fsp3) is 0.625. The van der Waals surface area contributed by atoms with Crippen LogP contribution in [0.4, 0.5) is 0 Å². The molecule has 0 saturated carbocycles. The topological polar surface area (TPSA) is 52.6 Å². The highest BCUT2D eigenvalue weighted by molar-refractivity contribution is 5.90. The maximum Gasteiger partial charge on any atom is 0.333 e. The van der Waals surface area contributed by atoms with Crippen molar-refractivity contribution in [3.63, 3.8) is 0 Å². The summed E-state index contributed by atoms with van der Waals surface area (Å²) >= 11 is 0. The third-order valence-corrected chi connectivity index (χ3v) is 3.98. The van der Waals surface area contributed by atoms with E-state index >= 15 is 0 Å². The highest BCUT2D eigenvalue weighted by Crippen LogP contribution is 2.44. The van der Waals surface area contributed by atoms with Crippen molar-refractivity contribution in [1.82, 2.24) is 0 Å². The molecule has 4 heteroatoms. The fourth-order valence-electron chi connectivity index (χ4n) is 2.83. The number of methoxy groups -OCH3 is 2. The molecule has 0 amide bonds. The summed E-state index contributed by atoms with van der Waals surface area (Å²) in [6, 6.07) is 0. The molecule has 0 saturated heterocycles. The van der Waals surface area contributed by atoms with E-state index in [2.05, 4.69) is 0 Å². The van der Waals surface area contributed by atoms with Crippen LogP contribution in [-0.4, -0.2) is 26.2 Å². The van der Waals surface area contributed by atoms with Gasteiger partial charge in [-0.1, -0.05) is 32.1 Å². The Morgan fingerprint density at radius 1 is 1.35 bits per heavy atom. The zero-order chi connectivity index (χ0) is 15.2. The van der Waals surface area contributed by atoms with Gasteiger partial charge in [0.15, 0.2) is 0 Å². The first-order valence-electron chi connectivity index (χ1n) is 7.10. The van der Waals surface area contributed by atoms with Crippen molar-refractivity contribution >= 4 is 11.9 Å². The number of hydrogen-bond acceptors (Lipinski definition) is 4. The number of allylic oxidation sites excluding steroid dienone is 2. The van der Waals surface area contributed by atoms with E-state index in [4.69, 9.17) is 9.47 Å². The largest absolute Gasteiger partial charge is 0.468 e. The fourth-order valence-corrected chi connectivity index (χ4v) is 2.83. The second kappa shape index (κ2) is 7.27. The van der Waals surface area contributed by atoms with E-state index in [9.17, 15) is 9.59 Å². The van der Waals surface area contributed by atoms with E-state index < -0.39 is 5.41 Å².